The van der Waals surface area contributed by atoms with Crippen LogP contribution in [0.15, 0.2) is 28.3 Å². The lowest BCUT2D eigenvalue weighted by Crippen LogP contribution is -2.27. The summed E-state index contributed by atoms with van der Waals surface area (Å²) in [6.07, 6.45) is 1.78. The van der Waals surface area contributed by atoms with Crippen molar-refractivity contribution in [1.29, 1.82) is 0 Å². The molecule has 8 heteroatoms. The predicted octanol–water partition coefficient (Wildman–Crippen LogP) is 1.12. The van der Waals surface area contributed by atoms with E-state index in [0.717, 1.165) is 0 Å². The van der Waals surface area contributed by atoms with Crippen molar-refractivity contribution in [2.45, 2.75) is 13.0 Å². The van der Waals surface area contributed by atoms with Gasteiger partial charge in [-0.15, -0.1) is 10.2 Å². The molecule has 3 heterocycles. The Hall–Kier alpha value is -2.22. The van der Waals surface area contributed by atoms with Crippen LogP contribution in [-0.4, -0.2) is 33.5 Å². The van der Waals surface area contributed by atoms with Crippen LogP contribution in [0.25, 0.3) is 0 Å². The zero-order valence-corrected chi connectivity index (χ0v) is 11.3. The molecule has 1 aliphatic rings. The van der Waals surface area contributed by atoms with Crippen molar-refractivity contribution in [2.24, 2.45) is 5.92 Å². The summed E-state index contributed by atoms with van der Waals surface area (Å²) in [7, 11) is 0. The van der Waals surface area contributed by atoms with Crippen molar-refractivity contribution in [3.63, 3.8) is 0 Å². The van der Waals surface area contributed by atoms with Gasteiger partial charge in [0.15, 0.2) is 0 Å². The van der Waals surface area contributed by atoms with E-state index in [2.05, 4.69) is 15.5 Å². The maximum atomic E-state index is 12.0. The number of hydrogen-bond donors (Lipinski definition) is 1. The van der Waals surface area contributed by atoms with Gasteiger partial charge in [0.25, 0.3) is 0 Å². The number of carbonyl (C=O) groups excluding carboxylic acids is 2. The number of nitrogens with zero attached hydrogens (tertiary/aromatic N) is 3. The minimum absolute atomic E-state index is 0.0428. The van der Waals surface area contributed by atoms with Crippen molar-refractivity contribution >= 4 is 28.3 Å². The summed E-state index contributed by atoms with van der Waals surface area (Å²) in [5.74, 6) is 0.112. The highest BCUT2D eigenvalue weighted by Crippen LogP contribution is 2.22. The molecule has 0 saturated carbocycles. The Morgan fingerprint density at radius 1 is 1.60 bits per heavy atom. The molecule has 7 nitrogen and oxygen atoms in total. The van der Waals surface area contributed by atoms with Crippen LogP contribution in [0.3, 0.4) is 0 Å². The summed E-state index contributed by atoms with van der Waals surface area (Å²) in [6.45, 7) is 0.790. The predicted molar refractivity (Wildman–Crippen MR) is 70.8 cm³/mol. The first-order chi connectivity index (χ1) is 9.72. The molecule has 1 aliphatic heterocycles. The van der Waals surface area contributed by atoms with Crippen LogP contribution in [0.2, 0.25) is 0 Å². The fraction of sp³-hybridized carbons (Fsp3) is 0.333. The van der Waals surface area contributed by atoms with Gasteiger partial charge in [0.1, 0.15) is 11.3 Å². The van der Waals surface area contributed by atoms with E-state index in [1.807, 2.05) is 6.07 Å². The largest absolute Gasteiger partial charge is 0.467 e. The van der Waals surface area contributed by atoms with Crippen LogP contribution in [-0.2, 0) is 16.1 Å². The third-order valence-electron chi connectivity index (χ3n) is 3.10. The van der Waals surface area contributed by atoms with E-state index in [9.17, 15) is 9.59 Å². The number of likely N-dealkylation sites (tertiary alicyclic amines) is 1. The molecule has 1 saturated heterocycles. The second kappa shape index (κ2) is 5.41. The number of nitrogens with one attached hydrogen (secondary N) is 1. The molecule has 20 heavy (non-hydrogen) atoms. The zero-order chi connectivity index (χ0) is 13.9. The Labute approximate surface area is 118 Å². The number of aromatic nitrogens is 2. The van der Waals surface area contributed by atoms with Crippen LogP contribution in [0.1, 0.15) is 12.2 Å². The van der Waals surface area contributed by atoms with Crippen molar-refractivity contribution in [2.75, 3.05) is 11.9 Å². The molecule has 2 amide bonds. The molecule has 0 spiro atoms. The molecule has 104 valence electrons. The van der Waals surface area contributed by atoms with Gasteiger partial charge in [0.2, 0.25) is 16.9 Å². The van der Waals surface area contributed by atoms with E-state index >= 15 is 0 Å². The molecular weight excluding hydrogens is 280 g/mol. The van der Waals surface area contributed by atoms with Crippen LogP contribution in [0, 0.1) is 5.92 Å². The summed E-state index contributed by atoms with van der Waals surface area (Å²) in [5.41, 5.74) is 1.54. The molecule has 0 unspecified atom stereocenters. The average Bonchev–Trinajstić information content (AvgIpc) is 3.13. The van der Waals surface area contributed by atoms with Gasteiger partial charge in [0.05, 0.1) is 18.7 Å². The monoisotopic (exact) mass is 292 g/mol. The molecule has 0 radical (unpaired) electrons. The highest BCUT2D eigenvalue weighted by atomic mass is 32.1. The van der Waals surface area contributed by atoms with Crippen LogP contribution in [0.5, 0.6) is 0 Å². The normalized spacial score (nSPS) is 18.5. The van der Waals surface area contributed by atoms with E-state index in [1.165, 1.54) is 11.3 Å². The Kier molecular flexibility index (Phi) is 3.46. The van der Waals surface area contributed by atoms with E-state index < -0.39 is 0 Å². The lowest BCUT2D eigenvalue weighted by molar-refractivity contribution is -0.128. The van der Waals surface area contributed by atoms with E-state index in [0.29, 0.717) is 24.0 Å². The van der Waals surface area contributed by atoms with Crippen LogP contribution in [0.4, 0.5) is 5.13 Å². The SMILES string of the molecule is O=C(Nc1nncs1)[C@@H]1CC(=O)N(Cc2ccco2)C1. The molecule has 3 rings (SSSR count). The second-order valence-electron chi connectivity index (χ2n) is 4.49. The molecule has 1 N–H and O–H groups in total. The minimum atomic E-state index is -0.360. The minimum Gasteiger partial charge on any atom is -0.467 e. The van der Waals surface area contributed by atoms with E-state index in [4.69, 9.17) is 4.42 Å². The van der Waals surface area contributed by atoms with Gasteiger partial charge in [0, 0.05) is 13.0 Å². The first-order valence-electron chi connectivity index (χ1n) is 6.09. The van der Waals surface area contributed by atoms with Gasteiger partial charge < -0.3 is 14.6 Å². The number of amides is 2. The lowest BCUT2D eigenvalue weighted by atomic mass is 10.1. The molecule has 0 aromatic carbocycles. The van der Waals surface area contributed by atoms with Gasteiger partial charge in [-0.25, -0.2) is 0 Å². The van der Waals surface area contributed by atoms with Crippen molar-refractivity contribution in [1.82, 2.24) is 15.1 Å². The van der Waals surface area contributed by atoms with Crippen molar-refractivity contribution in [3.8, 4) is 0 Å². The summed E-state index contributed by atoms with van der Waals surface area (Å²) in [4.78, 5) is 25.6. The number of anilines is 1. The second-order valence-corrected chi connectivity index (χ2v) is 5.32. The van der Waals surface area contributed by atoms with Gasteiger partial charge in [-0.3, -0.25) is 9.59 Å². The van der Waals surface area contributed by atoms with Crippen LogP contribution < -0.4 is 5.32 Å². The fourth-order valence-corrected chi connectivity index (χ4v) is 2.57. The summed E-state index contributed by atoms with van der Waals surface area (Å²) in [6, 6.07) is 3.58. The first kappa shape index (κ1) is 12.8. The quantitative estimate of drug-likeness (QED) is 0.912. The lowest BCUT2D eigenvalue weighted by Gasteiger charge is -2.14. The third kappa shape index (κ3) is 2.69. The maximum Gasteiger partial charge on any atom is 0.231 e. The van der Waals surface area contributed by atoms with E-state index in [-0.39, 0.29) is 24.2 Å². The summed E-state index contributed by atoms with van der Waals surface area (Å²) >= 11 is 1.25. The molecule has 2 aromatic rings. The van der Waals surface area contributed by atoms with Crippen molar-refractivity contribution < 1.29 is 14.0 Å². The number of furan rings is 1. The van der Waals surface area contributed by atoms with Gasteiger partial charge in [-0.2, -0.15) is 0 Å². The Morgan fingerprint density at radius 3 is 3.20 bits per heavy atom. The molecule has 2 aromatic heterocycles. The Morgan fingerprint density at radius 2 is 2.50 bits per heavy atom. The number of carbonyl (C=O) groups is 2. The number of rotatable bonds is 4. The first-order valence-corrected chi connectivity index (χ1v) is 6.97. The van der Waals surface area contributed by atoms with Gasteiger partial charge >= 0.3 is 0 Å². The smallest absolute Gasteiger partial charge is 0.231 e. The summed E-state index contributed by atoms with van der Waals surface area (Å²) in [5, 5.41) is 10.5. The molecular formula is C12H12N4O3S. The topological polar surface area (TPSA) is 88.3 Å². The molecule has 1 fully saturated rings. The molecule has 0 aliphatic carbocycles. The molecule has 0 bridgehead atoms. The third-order valence-corrected chi connectivity index (χ3v) is 3.71. The number of hydrogen-bond acceptors (Lipinski definition) is 6. The summed E-state index contributed by atoms with van der Waals surface area (Å²) < 4.78 is 5.21. The fourth-order valence-electron chi connectivity index (χ4n) is 2.13. The standard InChI is InChI=1S/C12H12N4O3S/c17-10-4-8(11(18)14-12-15-13-7-20-12)5-16(10)6-9-2-1-3-19-9/h1-3,7-8H,4-6H2,(H,14,15,18)/t8-/m1/s1. The highest BCUT2D eigenvalue weighted by molar-refractivity contribution is 7.13. The maximum absolute atomic E-state index is 12.0. The van der Waals surface area contributed by atoms with Crippen LogP contribution >= 0.6 is 11.3 Å². The average molecular weight is 292 g/mol. The van der Waals surface area contributed by atoms with E-state index in [1.54, 1.807) is 22.7 Å². The molecule has 1 atom stereocenters. The van der Waals surface area contributed by atoms with Gasteiger partial charge in [-0.1, -0.05) is 11.3 Å². The Bertz CT molecular complexity index is 596. The zero-order valence-electron chi connectivity index (χ0n) is 10.5. The highest BCUT2D eigenvalue weighted by Gasteiger charge is 2.34. The Balaban J connectivity index is 1.60. The van der Waals surface area contributed by atoms with Crippen molar-refractivity contribution in [3.05, 3.63) is 29.7 Å². The van der Waals surface area contributed by atoms with Gasteiger partial charge in [-0.05, 0) is 12.1 Å².